The first-order valence-corrected chi connectivity index (χ1v) is 11.4. The van der Waals surface area contributed by atoms with E-state index in [1.165, 1.54) is 5.56 Å². The van der Waals surface area contributed by atoms with Gasteiger partial charge in [0, 0.05) is 30.2 Å². The van der Waals surface area contributed by atoms with E-state index in [2.05, 4.69) is 29.5 Å². The smallest absolute Gasteiger partial charge is 0.255 e. The number of fused-ring (bicyclic) bond motifs is 1. The van der Waals surface area contributed by atoms with Gasteiger partial charge in [0.25, 0.3) is 5.91 Å². The lowest BCUT2D eigenvalue weighted by Gasteiger charge is -2.28. The van der Waals surface area contributed by atoms with Crippen LogP contribution in [-0.2, 0) is 17.6 Å². The summed E-state index contributed by atoms with van der Waals surface area (Å²) in [7, 11) is 0. The van der Waals surface area contributed by atoms with Crippen LogP contribution in [0.15, 0.2) is 40.9 Å². The maximum absolute atomic E-state index is 13.2. The summed E-state index contributed by atoms with van der Waals surface area (Å²) in [6.45, 7) is 5.31. The molecule has 172 valence electrons. The van der Waals surface area contributed by atoms with Crippen LogP contribution >= 0.6 is 0 Å². The van der Waals surface area contributed by atoms with Crippen molar-refractivity contribution in [1.29, 1.82) is 0 Å². The van der Waals surface area contributed by atoms with Gasteiger partial charge in [0.05, 0.1) is 30.9 Å². The normalized spacial score (nSPS) is 19.7. The Labute approximate surface area is 192 Å². The lowest BCUT2D eigenvalue weighted by atomic mass is 9.92. The Kier molecular flexibility index (Phi) is 5.91. The SMILES string of the molecule is Cc1cc(-c2ccc(Cc3cc(C(=O)N[C@H]4CCOC[C@@H]4O)c4c(c3C)CCO4)cc2)no1. The van der Waals surface area contributed by atoms with E-state index in [4.69, 9.17) is 14.0 Å². The number of aromatic nitrogens is 1. The van der Waals surface area contributed by atoms with E-state index < -0.39 is 6.10 Å². The van der Waals surface area contributed by atoms with Gasteiger partial charge in [-0.25, -0.2) is 0 Å². The van der Waals surface area contributed by atoms with Crippen molar-refractivity contribution < 1.29 is 23.9 Å². The van der Waals surface area contributed by atoms with Gasteiger partial charge in [-0.2, -0.15) is 0 Å². The Morgan fingerprint density at radius 2 is 2.00 bits per heavy atom. The molecule has 0 aliphatic carbocycles. The molecule has 2 aliphatic heterocycles. The standard InChI is InChI=1S/C26H28N2O5/c1-15-11-23(28-33-15)18-5-3-17(4-6-18)12-19-13-21(25-20(16(19)2)7-10-32-25)26(30)27-22-8-9-31-14-24(22)29/h3-6,11,13,22,24,29H,7-10,12,14H2,1-2H3,(H,27,30)/t22-,24-/m0/s1. The molecular weight excluding hydrogens is 420 g/mol. The summed E-state index contributed by atoms with van der Waals surface area (Å²) in [4.78, 5) is 13.2. The van der Waals surface area contributed by atoms with Crippen LogP contribution in [0, 0.1) is 13.8 Å². The molecule has 3 aromatic rings. The number of amides is 1. The summed E-state index contributed by atoms with van der Waals surface area (Å²) >= 11 is 0. The molecule has 0 saturated carbocycles. The highest BCUT2D eigenvalue weighted by Crippen LogP contribution is 2.35. The minimum atomic E-state index is -0.700. The summed E-state index contributed by atoms with van der Waals surface area (Å²) in [5, 5.41) is 17.2. The average molecular weight is 449 g/mol. The molecule has 1 amide bonds. The summed E-state index contributed by atoms with van der Waals surface area (Å²) in [6, 6.07) is 11.8. The summed E-state index contributed by atoms with van der Waals surface area (Å²) in [5.41, 5.74) is 6.87. The largest absolute Gasteiger partial charge is 0.492 e. The number of aliphatic hydroxyl groups is 1. The molecule has 5 rings (SSSR count). The van der Waals surface area contributed by atoms with Gasteiger partial charge in [-0.15, -0.1) is 0 Å². The fraction of sp³-hybridized carbons (Fsp3) is 0.385. The zero-order valence-corrected chi connectivity index (χ0v) is 18.9. The van der Waals surface area contributed by atoms with E-state index >= 15 is 0 Å². The molecule has 33 heavy (non-hydrogen) atoms. The van der Waals surface area contributed by atoms with Crippen molar-refractivity contribution >= 4 is 5.91 Å². The topological polar surface area (TPSA) is 93.8 Å². The highest BCUT2D eigenvalue weighted by molar-refractivity contribution is 5.98. The molecule has 7 heteroatoms. The van der Waals surface area contributed by atoms with Crippen molar-refractivity contribution in [2.45, 2.75) is 45.3 Å². The second kappa shape index (κ2) is 9.00. The van der Waals surface area contributed by atoms with Crippen LogP contribution in [0.1, 0.15) is 44.8 Å². The molecule has 2 atom stereocenters. The van der Waals surface area contributed by atoms with Crippen molar-refractivity contribution in [2.24, 2.45) is 0 Å². The van der Waals surface area contributed by atoms with E-state index in [0.29, 0.717) is 37.4 Å². The lowest BCUT2D eigenvalue weighted by Crippen LogP contribution is -2.48. The number of hydrogen-bond acceptors (Lipinski definition) is 6. The second-order valence-electron chi connectivity index (χ2n) is 8.82. The number of nitrogens with zero attached hydrogens (tertiary/aromatic N) is 1. The number of carbonyl (C=O) groups is 1. The number of hydrogen-bond donors (Lipinski definition) is 2. The average Bonchev–Trinajstić information content (AvgIpc) is 3.47. The Hall–Kier alpha value is -3.16. The summed E-state index contributed by atoms with van der Waals surface area (Å²) < 4.78 is 16.3. The highest BCUT2D eigenvalue weighted by Gasteiger charge is 2.29. The quantitative estimate of drug-likeness (QED) is 0.622. The van der Waals surface area contributed by atoms with Gasteiger partial charge in [-0.1, -0.05) is 29.4 Å². The molecule has 0 spiro atoms. The molecule has 7 nitrogen and oxygen atoms in total. The number of aliphatic hydroxyl groups excluding tert-OH is 1. The Morgan fingerprint density at radius 1 is 1.18 bits per heavy atom. The molecule has 0 bridgehead atoms. The minimum Gasteiger partial charge on any atom is -0.492 e. The van der Waals surface area contributed by atoms with Crippen LogP contribution in [0.5, 0.6) is 5.75 Å². The third-order valence-corrected chi connectivity index (χ3v) is 6.53. The number of aryl methyl sites for hydroxylation is 1. The first-order chi connectivity index (χ1) is 16.0. The van der Waals surface area contributed by atoms with Gasteiger partial charge in [0.1, 0.15) is 17.2 Å². The maximum Gasteiger partial charge on any atom is 0.255 e. The molecule has 1 fully saturated rings. The number of ether oxygens (including phenoxy) is 2. The van der Waals surface area contributed by atoms with E-state index in [0.717, 1.165) is 40.1 Å². The third-order valence-electron chi connectivity index (χ3n) is 6.53. The number of benzene rings is 2. The summed E-state index contributed by atoms with van der Waals surface area (Å²) in [5.74, 6) is 1.24. The molecular formula is C26H28N2O5. The van der Waals surface area contributed by atoms with Crippen LogP contribution in [0.2, 0.25) is 0 Å². The maximum atomic E-state index is 13.2. The van der Waals surface area contributed by atoms with E-state index in [1.54, 1.807) is 0 Å². The van der Waals surface area contributed by atoms with Crippen molar-refractivity contribution in [3.8, 4) is 17.0 Å². The Balaban J connectivity index is 1.40. The monoisotopic (exact) mass is 448 g/mol. The highest BCUT2D eigenvalue weighted by atomic mass is 16.5. The fourth-order valence-corrected chi connectivity index (χ4v) is 4.60. The first kappa shape index (κ1) is 21.7. The van der Waals surface area contributed by atoms with E-state index in [1.807, 2.05) is 31.2 Å². The van der Waals surface area contributed by atoms with Crippen molar-refractivity contribution in [2.75, 3.05) is 19.8 Å². The fourth-order valence-electron chi connectivity index (χ4n) is 4.60. The number of nitrogens with one attached hydrogen (secondary N) is 1. The third kappa shape index (κ3) is 4.38. The van der Waals surface area contributed by atoms with Gasteiger partial charge in [0.2, 0.25) is 0 Å². The van der Waals surface area contributed by atoms with Crippen molar-refractivity contribution in [1.82, 2.24) is 10.5 Å². The van der Waals surface area contributed by atoms with Crippen LogP contribution < -0.4 is 10.1 Å². The lowest BCUT2D eigenvalue weighted by molar-refractivity contribution is -0.0261. The molecule has 2 aliphatic rings. The van der Waals surface area contributed by atoms with Gasteiger partial charge >= 0.3 is 0 Å². The molecule has 1 saturated heterocycles. The minimum absolute atomic E-state index is 0.211. The van der Waals surface area contributed by atoms with Crippen molar-refractivity contribution in [3.63, 3.8) is 0 Å². The molecule has 2 N–H and O–H groups in total. The van der Waals surface area contributed by atoms with Gasteiger partial charge in [-0.3, -0.25) is 4.79 Å². The van der Waals surface area contributed by atoms with E-state index in [9.17, 15) is 9.90 Å². The molecule has 2 aromatic carbocycles. The second-order valence-corrected chi connectivity index (χ2v) is 8.82. The predicted octanol–water partition coefficient (Wildman–Crippen LogP) is 3.36. The van der Waals surface area contributed by atoms with E-state index in [-0.39, 0.29) is 18.6 Å². The van der Waals surface area contributed by atoms with Crippen LogP contribution in [0.4, 0.5) is 0 Å². The van der Waals surface area contributed by atoms with Crippen LogP contribution in [0.3, 0.4) is 0 Å². The van der Waals surface area contributed by atoms with Crippen LogP contribution in [0.25, 0.3) is 11.3 Å². The van der Waals surface area contributed by atoms with Gasteiger partial charge in [0.15, 0.2) is 0 Å². The summed E-state index contributed by atoms with van der Waals surface area (Å²) in [6.07, 6.45) is 1.39. The predicted molar refractivity (Wildman–Crippen MR) is 123 cm³/mol. The molecule has 0 unspecified atom stereocenters. The van der Waals surface area contributed by atoms with Crippen LogP contribution in [-0.4, -0.2) is 48.1 Å². The zero-order chi connectivity index (χ0) is 22.9. The molecule has 0 radical (unpaired) electrons. The molecule has 1 aromatic heterocycles. The Bertz CT molecular complexity index is 1170. The first-order valence-electron chi connectivity index (χ1n) is 11.4. The van der Waals surface area contributed by atoms with Gasteiger partial charge in [-0.05, 0) is 49.4 Å². The van der Waals surface area contributed by atoms with Gasteiger partial charge < -0.3 is 24.4 Å². The molecule has 3 heterocycles. The zero-order valence-electron chi connectivity index (χ0n) is 18.9. The Morgan fingerprint density at radius 3 is 2.73 bits per heavy atom. The number of rotatable bonds is 5. The number of carbonyl (C=O) groups excluding carboxylic acids is 1. The van der Waals surface area contributed by atoms with Crippen molar-refractivity contribution in [3.05, 3.63) is 70.0 Å².